The highest BCUT2D eigenvalue weighted by atomic mass is 32.2. The average molecular weight is 301 g/mol. The Morgan fingerprint density at radius 2 is 2.15 bits per heavy atom. The first-order valence-electron chi connectivity index (χ1n) is 7.85. The number of thioether (sulfide) groups is 1. The molecule has 0 aromatic rings. The first-order chi connectivity index (χ1) is 9.63. The number of ether oxygens (including phenoxy) is 1. The third-order valence-electron chi connectivity index (χ3n) is 3.83. The smallest absolute Gasteiger partial charge is 0.0897 e. The van der Waals surface area contributed by atoms with Crippen LogP contribution < -0.4 is 5.32 Å². The first kappa shape index (κ1) is 18.0. The third-order valence-corrected chi connectivity index (χ3v) is 4.98. The maximum absolute atomic E-state index is 9.91. The molecule has 0 aromatic heterocycles. The van der Waals surface area contributed by atoms with Gasteiger partial charge in [-0.25, -0.2) is 0 Å². The van der Waals surface area contributed by atoms with E-state index in [-0.39, 0.29) is 0 Å². The lowest BCUT2D eigenvalue weighted by Crippen LogP contribution is -2.37. The van der Waals surface area contributed by atoms with Crippen LogP contribution in [0.3, 0.4) is 0 Å². The Bertz CT molecular complexity index is 273. The zero-order valence-corrected chi connectivity index (χ0v) is 14.0. The zero-order valence-electron chi connectivity index (χ0n) is 13.2. The van der Waals surface area contributed by atoms with E-state index in [1.54, 1.807) is 0 Å². The molecule has 1 rings (SSSR count). The molecule has 4 unspecified atom stereocenters. The maximum Gasteiger partial charge on any atom is 0.0897 e. The van der Waals surface area contributed by atoms with Gasteiger partial charge < -0.3 is 15.2 Å². The molecule has 4 heteroatoms. The fraction of sp³-hybridized carbons (Fsp3) is 0.875. The second kappa shape index (κ2) is 10.7. The fourth-order valence-corrected chi connectivity index (χ4v) is 3.05. The van der Waals surface area contributed by atoms with Crippen LogP contribution in [0.1, 0.15) is 33.6 Å². The Morgan fingerprint density at radius 1 is 1.40 bits per heavy atom. The van der Waals surface area contributed by atoms with Crippen molar-refractivity contribution in [3.05, 3.63) is 12.2 Å². The van der Waals surface area contributed by atoms with Crippen molar-refractivity contribution in [3.63, 3.8) is 0 Å². The van der Waals surface area contributed by atoms with Gasteiger partial charge in [0.25, 0.3) is 0 Å². The summed E-state index contributed by atoms with van der Waals surface area (Å²) in [5.41, 5.74) is 0. The number of aliphatic hydroxyl groups is 1. The minimum absolute atomic E-state index is 0.404. The molecule has 118 valence electrons. The summed E-state index contributed by atoms with van der Waals surface area (Å²) in [6.07, 6.45) is 6.37. The second-order valence-corrected chi connectivity index (χ2v) is 7.16. The highest BCUT2D eigenvalue weighted by molar-refractivity contribution is 7.99. The van der Waals surface area contributed by atoms with Gasteiger partial charge in [0, 0.05) is 18.3 Å². The SMILES string of the molecule is CCSCC(C)NCC(O)COCC1CC=CCC1C. The number of rotatable bonds is 10. The summed E-state index contributed by atoms with van der Waals surface area (Å²) in [6.45, 7) is 8.43. The van der Waals surface area contributed by atoms with E-state index in [0.717, 1.165) is 31.0 Å². The number of aliphatic hydroxyl groups excluding tert-OH is 1. The van der Waals surface area contributed by atoms with Crippen molar-refractivity contribution in [1.82, 2.24) is 5.32 Å². The standard InChI is InChI=1S/C16H31NO2S/c1-4-20-12-14(3)17-9-16(18)11-19-10-15-8-6-5-7-13(15)2/h5-6,13-18H,4,7-12H2,1-3H3. The monoisotopic (exact) mass is 301 g/mol. The molecular weight excluding hydrogens is 270 g/mol. The Labute approximate surface area is 128 Å². The lowest BCUT2D eigenvalue weighted by atomic mass is 9.85. The number of allylic oxidation sites excluding steroid dienone is 2. The molecule has 3 nitrogen and oxygen atoms in total. The molecular formula is C16H31NO2S. The highest BCUT2D eigenvalue weighted by Crippen LogP contribution is 2.24. The van der Waals surface area contributed by atoms with Gasteiger partial charge in [-0.15, -0.1) is 0 Å². The summed E-state index contributed by atoms with van der Waals surface area (Å²) in [6, 6.07) is 0.443. The summed E-state index contributed by atoms with van der Waals surface area (Å²) in [5.74, 6) is 3.54. The van der Waals surface area contributed by atoms with Gasteiger partial charge in [-0.3, -0.25) is 0 Å². The van der Waals surface area contributed by atoms with Gasteiger partial charge in [0.2, 0.25) is 0 Å². The molecule has 0 bridgehead atoms. The van der Waals surface area contributed by atoms with Gasteiger partial charge in [0.1, 0.15) is 0 Å². The van der Waals surface area contributed by atoms with Crippen LogP contribution in [0.5, 0.6) is 0 Å². The molecule has 0 spiro atoms. The summed E-state index contributed by atoms with van der Waals surface area (Å²) < 4.78 is 5.69. The molecule has 0 saturated carbocycles. The van der Waals surface area contributed by atoms with E-state index in [1.165, 1.54) is 0 Å². The topological polar surface area (TPSA) is 41.5 Å². The van der Waals surface area contributed by atoms with Crippen LogP contribution in [0.15, 0.2) is 12.2 Å². The van der Waals surface area contributed by atoms with E-state index < -0.39 is 6.10 Å². The van der Waals surface area contributed by atoms with Gasteiger partial charge in [-0.1, -0.05) is 26.0 Å². The van der Waals surface area contributed by atoms with E-state index >= 15 is 0 Å². The van der Waals surface area contributed by atoms with Crippen molar-refractivity contribution in [2.45, 2.75) is 45.8 Å². The largest absolute Gasteiger partial charge is 0.389 e. The van der Waals surface area contributed by atoms with Crippen LogP contribution in [0.4, 0.5) is 0 Å². The average Bonchev–Trinajstić information content (AvgIpc) is 2.45. The van der Waals surface area contributed by atoms with Crippen LogP contribution in [-0.4, -0.2) is 48.5 Å². The van der Waals surface area contributed by atoms with E-state index in [2.05, 4.69) is 38.2 Å². The molecule has 0 aromatic carbocycles. The maximum atomic E-state index is 9.91. The second-order valence-electron chi connectivity index (χ2n) is 5.84. The molecule has 2 N–H and O–H groups in total. The fourth-order valence-electron chi connectivity index (χ4n) is 2.34. The lowest BCUT2D eigenvalue weighted by Gasteiger charge is -2.25. The summed E-state index contributed by atoms with van der Waals surface area (Å²) in [5, 5.41) is 13.3. The Balaban J connectivity index is 2.05. The molecule has 0 heterocycles. The van der Waals surface area contributed by atoms with Crippen LogP contribution in [0, 0.1) is 11.8 Å². The van der Waals surface area contributed by atoms with E-state index in [9.17, 15) is 5.11 Å². The van der Waals surface area contributed by atoms with Crippen molar-refractivity contribution in [1.29, 1.82) is 0 Å². The predicted octanol–water partition coefficient (Wildman–Crippen LogP) is 2.70. The number of hydrogen-bond donors (Lipinski definition) is 2. The Morgan fingerprint density at radius 3 is 2.85 bits per heavy atom. The molecule has 0 saturated heterocycles. The minimum Gasteiger partial charge on any atom is -0.389 e. The van der Waals surface area contributed by atoms with Crippen LogP contribution >= 0.6 is 11.8 Å². The van der Waals surface area contributed by atoms with Crippen molar-refractivity contribution >= 4 is 11.8 Å². The molecule has 0 radical (unpaired) electrons. The third kappa shape index (κ3) is 7.67. The molecule has 0 amide bonds. The van der Waals surface area contributed by atoms with Gasteiger partial charge in [0.15, 0.2) is 0 Å². The lowest BCUT2D eigenvalue weighted by molar-refractivity contribution is 0.0123. The first-order valence-corrected chi connectivity index (χ1v) is 9.00. The molecule has 0 aliphatic heterocycles. The van der Waals surface area contributed by atoms with Crippen LogP contribution in [-0.2, 0) is 4.74 Å². The molecule has 0 fully saturated rings. The molecule has 1 aliphatic carbocycles. The van der Waals surface area contributed by atoms with E-state index in [0.29, 0.717) is 31.0 Å². The summed E-state index contributed by atoms with van der Waals surface area (Å²) in [4.78, 5) is 0. The molecule has 1 aliphatic rings. The van der Waals surface area contributed by atoms with E-state index in [1.807, 2.05) is 11.8 Å². The van der Waals surface area contributed by atoms with Crippen molar-refractivity contribution in [2.24, 2.45) is 11.8 Å². The zero-order chi connectivity index (χ0) is 14.8. The molecule has 4 atom stereocenters. The molecule has 20 heavy (non-hydrogen) atoms. The Hall–Kier alpha value is -0.0300. The quantitative estimate of drug-likeness (QED) is 0.609. The van der Waals surface area contributed by atoms with Gasteiger partial charge in [0.05, 0.1) is 19.3 Å². The number of hydrogen-bond acceptors (Lipinski definition) is 4. The van der Waals surface area contributed by atoms with Gasteiger partial charge in [-0.2, -0.15) is 11.8 Å². The van der Waals surface area contributed by atoms with Gasteiger partial charge >= 0.3 is 0 Å². The normalized spacial score (nSPS) is 25.6. The minimum atomic E-state index is -0.404. The summed E-state index contributed by atoms with van der Waals surface area (Å²) in [7, 11) is 0. The van der Waals surface area contributed by atoms with Crippen LogP contribution in [0.2, 0.25) is 0 Å². The van der Waals surface area contributed by atoms with Crippen molar-refractivity contribution < 1.29 is 9.84 Å². The highest BCUT2D eigenvalue weighted by Gasteiger charge is 2.18. The van der Waals surface area contributed by atoms with Crippen molar-refractivity contribution in [3.8, 4) is 0 Å². The van der Waals surface area contributed by atoms with Crippen LogP contribution in [0.25, 0.3) is 0 Å². The Kier molecular flexibility index (Phi) is 9.61. The summed E-state index contributed by atoms with van der Waals surface area (Å²) >= 11 is 1.92. The van der Waals surface area contributed by atoms with E-state index in [4.69, 9.17) is 4.74 Å². The predicted molar refractivity (Wildman–Crippen MR) is 88.3 cm³/mol. The van der Waals surface area contributed by atoms with Gasteiger partial charge in [-0.05, 0) is 37.4 Å². The van der Waals surface area contributed by atoms with Crippen molar-refractivity contribution in [2.75, 3.05) is 31.3 Å². The number of nitrogens with one attached hydrogen (secondary N) is 1.